The second kappa shape index (κ2) is 3.15. The Balaban J connectivity index is 2.64. The molecule has 0 bridgehead atoms. The van der Waals surface area contributed by atoms with E-state index in [1.54, 1.807) is 24.3 Å². The number of hydrogen-bond donors (Lipinski definition) is 0. The number of carbonyl (C=O) groups excluding carboxylic acids is 2. The van der Waals surface area contributed by atoms with E-state index in [-0.39, 0.29) is 10.8 Å². The summed E-state index contributed by atoms with van der Waals surface area (Å²) in [5.41, 5.74) is 0.883. The number of benzene rings is 1. The minimum atomic E-state index is -0.756. The molecule has 3 nitrogen and oxygen atoms in total. The monoisotopic (exact) mass is 225 g/mol. The van der Waals surface area contributed by atoms with Crippen LogP contribution in [0.3, 0.4) is 0 Å². The molecule has 0 saturated heterocycles. The van der Waals surface area contributed by atoms with Crippen LogP contribution in [0.2, 0.25) is 0 Å². The van der Waals surface area contributed by atoms with Crippen molar-refractivity contribution in [2.45, 2.75) is 0 Å². The van der Waals surface area contributed by atoms with Crippen LogP contribution < -0.4 is 4.90 Å². The van der Waals surface area contributed by atoms with Crippen molar-refractivity contribution in [3.63, 3.8) is 0 Å². The van der Waals surface area contributed by atoms with Crippen molar-refractivity contribution in [2.24, 2.45) is 0 Å². The van der Waals surface area contributed by atoms with Gasteiger partial charge >= 0.3 is 5.37 Å². The van der Waals surface area contributed by atoms with Gasteiger partial charge in [-0.15, -0.1) is 0 Å². The Morgan fingerprint density at radius 1 is 1.36 bits per heavy atom. The molecule has 70 valence electrons. The number of halogens is 1. The molecule has 0 radical (unpaired) electrons. The van der Waals surface area contributed by atoms with Crippen LogP contribution in [0.15, 0.2) is 24.3 Å². The fourth-order valence-corrected chi connectivity index (χ4v) is 1.88. The molecule has 1 aromatic rings. The quantitative estimate of drug-likeness (QED) is 0.387. The lowest BCUT2D eigenvalue weighted by Crippen LogP contribution is -2.30. The maximum absolute atomic E-state index is 11.5. The minimum absolute atomic E-state index is 0.0637. The van der Waals surface area contributed by atoms with Crippen LogP contribution in [-0.2, 0) is 0 Å². The van der Waals surface area contributed by atoms with Gasteiger partial charge in [0.25, 0.3) is 0 Å². The topological polar surface area (TPSA) is 37.4 Å². The van der Waals surface area contributed by atoms with Crippen molar-refractivity contribution in [1.29, 1.82) is 0 Å². The van der Waals surface area contributed by atoms with Crippen molar-refractivity contribution >= 4 is 45.6 Å². The standard InChI is InChI=1S/C9H4ClNO2S/c10-9(13)11-6-4-2-1-3-5(6)7(12)8(11)14/h1-4H. The lowest BCUT2D eigenvalue weighted by atomic mass is 10.1. The minimum Gasteiger partial charge on any atom is -0.286 e. The molecule has 1 heterocycles. The molecule has 1 aromatic carbocycles. The summed E-state index contributed by atoms with van der Waals surface area (Å²) >= 11 is 10.1. The highest BCUT2D eigenvalue weighted by atomic mass is 35.5. The van der Waals surface area contributed by atoms with Gasteiger partial charge in [-0.2, -0.15) is 0 Å². The summed E-state index contributed by atoms with van der Waals surface area (Å²) in [7, 11) is 0. The zero-order chi connectivity index (χ0) is 10.3. The van der Waals surface area contributed by atoms with Gasteiger partial charge in [-0.1, -0.05) is 24.4 Å². The van der Waals surface area contributed by atoms with Crippen molar-refractivity contribution in [1.82, 2.24) is 0 Å². The van der Waals surface area contributed by atoms with Crippen molar-refractivity contribution < 1.29 is 9.59 Å². The number of amides is 1. The molecule has 0 N–H and O–H groups in total. The Hall–Kier alpha value is -1.26. The number of para-hydroxylation sites is 1. The number of fused-ring (bicyclic) bond motifs is 1. The van der Waals surface area contributed by atoms with Crippen LogP contribution in [0.5, 0.6) is 0 Å². The molecule has 0 unspecified atom stereocenters. The Labute approximate surface area is 90.3 Å². The normalized spacial score (nSPS) is 14.5. The lowest BCUT2D eigenvalue weighted by Gasteiger charge is -2.10. The number of ketones is 1. The first-order chi connectivity index (χ1) is 6.63. The summed E-state index contributed by atoms with van der Waals surface area (Å²) in [5.74, 6) is -0.329. The van der Waals surface area contributed by atoms with E-state index < -0.39 is 5.37 Å². The highest BCUT2D eigenvalue weighted by Gasteiger charge is 2.35. The van der Waals surface area contributed by atoms with Crippen LogP contribution in [0.25, 0.3) is 0 Å². The number of nitrogens with zero attached hydrogens (tertiary/aromatic N) is 1. The SMILES string of the molecule is O=C1C(=S)N(C(=O)Cl)c2ccccc21. The molecule has 1 aliphatic rings. The van der Waals surface area contributed by atoms with Crippen LogP contribution in [0, 0.1) is 0 Å². The summed E-state index contributed by atoms with van der Waals surface area (Å²) < 4.78 is 0. The predicted octanol–water partition coefficient (Wildman–Crippen LogP) is 2.38. The van der Waals surface area contributed by atoms with E-state index in [2.05, 4.69) is 0 Å². The summed E-state index contributed by atoms with van der Waals surface area (Å²) in [5, 5.41) is -0.756. The van der Waals surface area contributed by atoms with Gasteiger partial charge in [0.05, 0.1) is 5.69 Å². The van der Waals surface area contributed by atoms with E-state index in [1.807, 2.05) is 0 Å². The van der Waals surface area contributed by atoms with Crippen molar-refractivity contribution in [3.05, 3.63) is 29.8 Å². The fraction of sp³-hybridized carbons (Fsp3) is 0. The van der Waals surface area contributed by atoms with E-state index in [0.717, 1.165) is 4.90 Å². The fourth-order valence-electron chi connectivity index (χ4n) is 1.36. The molecule has 0 fully saturated rings. The van der Waals surface area contributed by atoms with Gasteiger partial charge in [0.2, 0.25) is 5.78 Å². The van der Waals surface area contributed by atoms with Gasteiger partial charge in [0, 0.05) is 5.56 Å². The molecule has 5 heteroatoms. The highest BCUT2D eigenvalue weighted by Crippen LogP contribution is 2.30. The van der Waals surface area contributed by atoms with Crippen LogP contribution in [-0.4, -0.2) is 16.1 Å². The Morgan fingerprint density at radius 3 is 2.64 bits per heavy atom. The summed E-state index contributed by atoms with van der Waals surface area (Å²) in [4.78, 5) is 23.5. The average molecular weight is 226 g/mol. The Bertz CT molecular complexity index is 458. The van der Waals surface area contributed by atoms with Gasteiger partial charge < -0.3 is 0 Å². The first-order valence-corrected chi connectivity index (χ1v) is 4.59. The largest absolute Gasteiger partial charge is 0.326 e. The van der Waals surface area contributed by atoms with E-state index in [9.17, 15) is 9.59 Å². The number of rotatable bonds is 0. The third kappa shape index (κ3) is 1.15. The van der Waals surface area contributed by atoms with Crippen LogP contribution >= 0.6 is 23.8 Å². The number of carbonyl (C=O) groups is 2. The van der Waals surface area contributed by atoms with Crippen LogP contribution in [0.4, 0.5) is 10.5 Å². The summed E-state index contributed by atoms with van der Waals surface area (Å²) in [6, 6.07) is 6.67. The van der Waals surface area contributed by atoms with E-state index in [0.29, 0.717) is 11.3 Å². The molecule has 0 aromatic heterocycles. The lowest BCUT2D eigenvalue weighted by molar-refractivity contribution is 0.107. The maximum atomic E-state index is 11.5. The molecule has 2 rings (SSSR count). The molecule has 1 amide bonds. The van der Waals surface area contributed by atoms with E-state index >= 15 is 0 Å². The molecule has 14 heavy (non-hydrogen) atoms. The zero-order valence-electron chi connectivity index (χ0n) is 6.86. The van der Waals surface area contributed by atoms with Gasteiger partial charge in [0.1, 0.15) is 0 Å². The molecule has 0 aliphatic carbocycles. The first-order valence-electron chi connectivity index (χ1n) is 3.80. The smallest absolute Gasteiger partial charge is 0.286 e. The Morgan fingerprint density at radius 2 is 2.00 bits per heavy atom. The summed E-state index contributed by atoms with van der Waals surface area (Å²) in [6.07, 6.45) is 0. The maximum Gasteiger partial charge on any atom is 0.326 e. The average Bonchev–Trinajstić information content (AvgIpc) is 2.41. The van der Waals surface area contributed by atoms with E-state index in [1.165, 1.54) is 0 Å². The van der Waals surface area contributed by atoms with Gasteiger partial charge in [-0.3, -0.25) is 14.5 Å². The highest BCUT2D eigenvalue weighted by molar-refractivity contribution is 7.82. The van der Waals surface area contributed by atoms with Crippen molar-refractivity contribution in [3.8, 4) is 0 Å². The second-order valence-electron chi connectivity index (χ2n) is 2.74. The zero-order valence-corrected chi connectivity index (χ0v) is 8.43. The summed E-state index contributed by atoms with van der Waals surface area (Å²) in [6.45, 7) is 0. The van der Waals surface area contributed by atoms with Gasteiger partial charge in [0.15, 0.2) is 4.99 Å². The first kappa shape index (κ1) is 9.30. The number of anilines is 1. The molecule has 0 saturated carbocycles. The van der Waals surface area contributed by atoms with Crippen molar-refractivity contribution in [2.75, 3.05) is 4.90 Å². The molecule has 0 spiro atoms. The third-order valence-corrected chi connectivity index (χ3v) is 2.50. The molecule has 1 aliphatic heterocycles. The molecular formula is C9H4ClNO2S. The Kier molecular flexibility index (Phi) is 2.09. The van der Waals surface area contributed by atoms with E-state index in [4.69, 9.17) is 23.8 Å². The third-order valence-electron chi connectivity index (χ3n) is 1.96. The molecular weight excluding hydrogens is 222 g/mol. The number of hydrogen-bond acceptors (Lipinski definition) is 3. The van der Waals surface area contributed by atoms with Crippen LogP contribution in [0.1, 0.15) is 10.4 Å². The van der Waals surface area contributed by atoms with Gasteiger partial charge in [-0.25, -0.2) is 0 Å². The number of Topliss-reactive ketones (excluding diaryl/α,β-unsaturated/α-hetero) is 1. The molecule has 0 atom stereocenters. The number of thiocarbonyl (C=S) groups is 1. The van der Waals surface area contributed by atoms with Gasteiger partial charge in [-0.05, 0) is 23.7 Å². The predicted molar refractivity (Wildman–Crippen MR) is 57.1 cm³/mol. The second-order valence-corrected chi connectivity index (χ2v) is 3.45.